The molecule has 0 heterocycles. The van der Waals surface area contributed by atoms with Gasteiger partial charge < -0.3 is 10.2 Å². The van der Waals surface area contributed by atoms with Crippen molar-refractivity contribution in [2.45, 2.75) is 6.92 Å². The summed E-state index contributed by atoms with van der Waals surface area (Å²) in [6, 6.07) is 4.54. The molecule has 0 bridgehead atoms. The molecule has 0 amide bonds. The van der Waals surface area contributed by atoms with Crippen LogP contribution in [0.15, 0.2) is 30.9 Å². The molecule has 0 saturated carbocycles. The van der Waals surface area contributed by atoms with Gasteiger partial charge in [0.2, 0.25) is 0 Å². The summed E-state index contributed by atoms with van der Waals surface area (Å²) in [5, 5.41) is 19.4. The monoisotopic (exact) mass is 204 g/mol. The Kier molecular flexibility index (Phi) is 3.29. The number of carboxylic acids is 1. The summed E-state index contributed by atoms with van der Waals surface area (Å²) in [5.41, 5.74) is 0.239. The number of aromatic hydroxyl groups is 1. The van der Waals surface area contributed by atoms with Gasteiger partial charge >= 0.3 is 5.97 Å². The number of carboxylic acid groups (broad SMARTS) is 1. The van der Waals surface area contributed by atoms with Crippen molar-refractivity contribution < 1.29 is 15.0 Å². The van der Waals surface area contributed by atoms with E-state index >= 15 is 0 Å². The molecule has 0 saturated heterocycles. The minimum Gasteiger partial charge on any atom is -0.508 e. The molecular weight excluding hydrogens is 192 g/mol. The lowest BCUT2D eigenvalue weighted by molar-refractivity contribution is -0.130. The fraction of sp³-hybridized carbons (Fsp3) is 0.0833. The quantitative estimate of drug-likeness (QED) is 0.742. The minimum atomic E-state index is -0.973. The van der Waals surface area contributed by atoms with Gasteiger partial charge in [-0.1, -0.05) is 24.8 Å². The van der Waals surface area contributed by atoms with Gasteiger partial charge in [0.25, 0.3) is 0 Å². The van der Waals surface area contributed by atoms with Crippen LogP contribution in [0.5, 0.6) is 5.75 Å². The number of rotatable bonds is 2. The standard InChI is InChI=1S/C12H12O3/c1-3-4-9-7-10(13)5-6-11(9)8(2)12(14)15/h3-7,13H,1H2,2H3,(H,14,15)/b9-4-,11-8+. The Hall–Kier alpha value is -2.03. The average Bonchev–Trinajstić information content (AvgIpc) is 2.17. The molecule has 0 unspecified atom stereocenters. The molecule has 1 aromatic rings. The predicted molar refractivity (Wildman–Crippen MR) is 58.7 cm³/mol. The normalized spacial score (nSPS) is 13.5. The van der Waals surface area contributed by atoms with Crippen LogP contribution in [0, 0.1) is 0 Å². The van der Waals surface area contributed by atoms with Crippen molar-refractivity contribution in [1.82, 2.24) is 0 Å². The first-order valence-corrected chi connectivity index (χ1v) is 4.42. The van der Waals surface area contributed by atoms with E-state index < -0.39 is 5.97 Å². The number of allylic oxidation sites excluding steroid dienone is 1. The highest BCUT2D eigenvalue weighted by atomic mass is 16.4. The summed E-state index contributed by atoms with van der Waals surface area (Å²) < 4.78 is 0. The van der Waals surface area contributed by atoms with Gasteiger partial charge in [-0.15, -0.1) is 0 Å². The van der Waals surface area contributed by atoms with E-state index in [0.717, 1.165) is 0 Å². The Morgan fingerprint density at radius 1 is 1.47 bits per heavy atom. The summed E-state index contributed by atoms with van der Waals surface area (Å²) in [7, 11) is 0. The fourth-order valence-corrected chi connectivity index (χ4v) is 1.27. The largest absolute Gasteiger partial charge is 0.508 e. The van der Waals surface area contributed by atoms with Crippen LogP contribution in [0.2, 0.25) is 0 Å². The van der Waals surface area contributed by atoms with Crippen molar-refractivity contribution in [3.63, 3.8) is 0 Å². The summed E-state index contributed by atoms with van der Waals surface area (Å²) in [5.74, 6) is -0.871. The van der Waals surface area contributed by atoms with Crippen molar-refractivity contribution in [3.8, 4) is 5.75 Å². The zero-order chi connectivity index (χ0) is 11.4. The first-order valence-electron chi connectivity index (χ1n) is 4.42. The van der Waals surface area contributed by atoms with Crippen LogP contribution in [0.3, 0.4) is 0 Å². The molecule has 1 rings (SSSR count). The zero-order valence-electron chi connectivity index (χ0n) is 8.40. The third-order valence-corrected chi connectivity index (χ3v) is 2.06. The molecule has 78 valence electrons. The Morgan fingerprint density at radius 2 is 2.13 bits per heavy atom. The summed E-state index contributed by atoms with van der Waals surface area (Å²) in [6.45, 7) is 5.06. The number of phenolic OH excluding ortho intramolecular Hbond substituents is 1. The van der Waals surface area contributed by atoms with Crippen LogP contribution in [-0.2, 0) is 4.79 Å². The molecular formula is C12H12O3. The highest BCUT2D eigenvalue weighted by Crippen LogP contribution is 1.99. The van der Waals surface area contributed by atoms with Gasteiger partial charge in [-0.05, 0) is 29.5 Å². The highest BCUT2D eigenvalue weighted by molar-refractivity contribution is 6.07. The van der Waals surface area contributed by atoms with Crippen molar-refractivity contribution in [2.75, 3.05) is 0 Å². The molecule has 3 heteroatoms. The van der Waals surface area contributed by atoms with Crippen LogP contribution in [-0.4, -0.2) is 16.2 Å². The number of aliphatic carboxylic acids is 1. The van der Waals surface area contributed by atoms with Gasteiger partial charge in [-0.3, -0.25) is 0 Å². The van der Waals surface area contributed by atoms with Crippen molar-refractivity contribution >= 4 is 17.6 Å². The van der Waals surface area contributed by atoms with Crippen LogP contribution < -0.4 is 10.4 Å². The molecule has 0 radical (unpaired) electrons. The maximum Gasteiger partial charge on any atom is 0.331 e. The van der Waals surface area contributed by atoms with Crippen molar-refractivity contribution in [2.24, 2.45) is 0 Å². The second kappa shape index (κ2) is 4.46. The highest BCUT2D eigenvalue weighted by Gasteiger charge is 2.01. The van der Waals surface area contributed by atoms with E-state index in [4.69, 9.17) is 5.11 Å². The molecule has 3 nitrogen and oxygen atoms in total. The van der Waals surface area contributed by atoms with Crippen LogP contribution in [0.1, 0.15) is 6.92 Å². The molecule has 0 spiro atoms. The van der Waals surface area contributed by atoms with Gasteiger partial charge in [0.15, 0.2) is 0 Å². The van der Waals surface area contributed by atoms with E-state index in [1.54, 1.807) is 18.2 Å². The second-order valence-electron chi connectivity index (χ2n) is 3.10. The van der Waals surface area contributed by atoms with Gasteiger partial charge in [-0.2, -0.15) is 0 Å². The molecule has 1 aromatic carbocycles. The zero-order valence-corrected chi connectivity index (χ0v) is 8.40. The van der Waals surface area contributed by atoms with Crippen LogP contribution in [0.4, 0.5) is 0 Å². The van der Waals surface area contributed by atoms with Gasteiger partial charge in [-0.25, -0.2) is 4.79 Å². The molecule has 0 aliphatic heterocycles. The summed E-state index contributed by atoms with van der Waals surface area (Å²) in [6.07, 6.45) is 3.20. The van der Waals surface area contributed by atoms with Gasteiger partial charge in [0.05, 0.1) is 0 Å². The number of hydrogen-bond acceptors (Lipinski definition) is 2. The van der Waals surface area contributed by atoms with E-state index in [-0.39, 0.29) is 11.3 Å². The van der Waals surface area contributed by atoms with Gasteiger partial charge in [0, 0.05) is 5.57 Å². The van der Waals surface area contributed by atoms with Crippen molar-refractivity contribution in [1.29, 1.82) is 0 Å². The molecule has 2 N–H and O–H groups in total. The fourth-order valence-electron chi connectivity index (χ4n) is 1.27. The minimum absolute atomic E-state index is 0.102. The predicted octanol–water partition coefficient (Wildman–Crippen LogP) is 0.614. The van der Waals surface area contributed by atoms with E-state index in [2.05, 4.69) is 6.58 Å². The van der Waals surface area contributed by atoms with E-state index in [1.807, 2.05) is 0 Å². The Morgan fingerprint density at radius 3 is 2.67 bits per heavy atom. The Labute approximate surface area is 87.3 Å². The molecule has 0 atom stereocenters. The second-order valence-corrected chi connectivity index (χ2v) is 3.10. The Balaban J connectivity index is 3.71. The van der Waals surface area contributed by atoms with E-state index in [9.17, 15) is 9.90 Å². The first kappa shape index (κ1) is 11.0. The SMILES string of the molecule is C=C/C=c1/cc(O)cc/c1=C(/C)C(=O)O. The topological polar surface area (TPSA) is 57.5 Å². The third-order valence-electron chi connectivity index (χ3n) is 2.06. The number of benzene rings is 1. The lowest BCUT2D eigenvalue weighted by Gasteiger charge is -1.96. The van der Waals surface area contributed by atoms with E-state index in [1.165, 1.54) is 19.1 Å². The van der Waals surface area contributed by atoms with E-state index in [0.29, 0.717) is 10.4 Å². The van der Waals surface area contributed by atoms with Crippen LogP contribution in [0.25, 0.3) is 11.6 Å². The molecule has 15 heavy (non-hydrogen) atoms. The third kappa shape index (κ3) is 2.47. The summed E-state index contributed by atoms with van der Waals surface area (Å²) in [4.78, 5) is 10.8. The molecule has 0 aliphatic carbocycles. The maximum atomic E-state index is 10.8. The first-order chi connectivity index (χ1) is 7.06. The smallest absolute Gasteiger partial charge is 0.331 e. The summed E-state index contributed by atoms with van der Waals surface area (Å²) >= 11 is 0. The average molecular weight is 204 g/mol. The Bertz CT molecular complexity index is 512. The molecule has 0 aromatic heterocycles. The molecule has 0 fully saturated rings. The van der Waals surface area contributed by atoms with Crippen LogP contribution >= 0.6 is 0 Å². The molecule has 0 aliphatic rings. The van der Waals surface area contributed by atoms with Gasteiger partial charge in [0.1, 0.15) is 5.75 Å². The van der Waals surface area contributed by atoms with Crippen molar-refractivity contribution in [3.05, 3.63) is 41.3 Å². The maximum absolute atomic E-state index is 10.8. The number of hydrogen-bond donors (Lipinski definition) is 2. The lowest BCUT2D eigenvalue weighted by atomic mass is 10.1. The number of carbonyl (C=O) groups is 1. The lowest BCUT2D eigenvalue weighted by Crippen LogP contribution is -2.28. The number of phenols is 1.